The summed E-state index contributed by atoms with van der Waals surface area (Å²) < 4.78 is 22.1. The third kappa shape index (κ3) is 4.70. The lowest BCUT2D eigenvalue weighted by Crippen LogP contribution is -2.45. The van der Waals surface area contributed by atoms with Crippen molar-refractivity contribution in [1.82, 2.24) is 5.32 Å². The molecule has 1 N–H and O–H groups in total. The average molecular weight is 341 g/mol. The zero-order chi connectivity index (χ0) is 18.1. The highest BCUT2D eigenvalue weighted by Crippen LogP contribution is 2.37. The minimum atomic E-state index is -0.790. The first-order valence-electron chi connectivity index (χ1n) is 8.25. The smallest absolute Gasteiger partial charge is 0.408 e. The molecule has 1 fully saturated rings. The van der Waals surface area contributed by atoms with Gasteiger partial charge in [0, 0.05) is 6.42 Å². The quantitative estimate of drug-likeness (QED) is 0.793. The SMILES string of the molecule is CCOC(=O)C1=CC(NC(=O)OC(C)(C)C)CC2OC(C)(C)OC12. The van der Waals surface area contributed by atoms with Gasteiger partial charge >= 0.3 is 12.1 Å². The van der Waals surface area contributed by atoms with E-state index in [1.54, 1.807) is 47.6 Å². The fourth-order valence-electron chi connectivity index (χ4n) is 2.86. The van der Waals surface area contributed by atoms with Crippen LogP contribution in [0.5, 0.6) is 0 Å². The van der Waals surface area contributed by atoms with E-state index in [2.05, 4.69) is 5.32 Å². The van der Waals surface area contributed by atoms with Crippen molar-refractivity contribution in [1.29, 1.82) is 0 Å². The van der Waals surface area contributed by atoms with E-state index in [-0.39, 0.29) is 12.7 Å². The largest absolute Gasteiger partial charge is 0.463 e. The first-order chi connectivity index (χ1) is 11.0. The van der Waals surface area contributed by atoms with Crippen LogP contribution >= 0.6 is 0 Å². The minimum Gasteiger partial charge on any atom is -0.463 e. The number of rotatable bonds is 3. The summed E-state index contributed by atoms with van der Waals surface area (Å²) in [6.45, 7) is 11.0. The zero-order valence-electron chi connectivity index (χ0n) is 15.2. The van der Waals surface area contributed by atoms with Crippen molar-refractivity contribution in [3.05, 3.63) is 11.6 Å². The number of alkyl carbamates (subject to hydrolysis) is 1. The summed E-state index contributed by atoms with van der Waals surface area (Å²) in [4.78, 5) is 24.2. The van der Waals surface area contributed by atoms with Gasteiger partial charge in [-0.05, 0) is 47.6 Å². The van der Waals surface area contributed by atoms with Crippen LogP contribution in [0, 0.1) is 0 Å². The molecule has 3 atom stereocenters. The molecule has 0 aromatic heterocycles. The lowest BCUT2D eigenvalue weighted by molar-refractivity contribution is -0.148. The number of carbonyl (C=O) groups excluding carboxylic acids is 2. The molecular weight excluding hydrogens is 314 g/mol. The molecule has 0 bridgehead atoms. The Morgan fingerprint density at radius 3 is 2.58 bits per heavy atom. The van der Waals surface area contributed by atoms with Crippen LogP contribution < -0.4 is 5.32 Å². The number of amides is 1. The molecule has 1 aliphatic heterocycles. The number of hydrogen-bond donors (Lipinski definition) is 1. The number of ether oxygens (including phenoxy) is 4. The van der Waals surface area contributed by atoms with E-state index in [0.29, 0.717) is 12.0 Å². The first kappa shape index (κ1) is 18.7. The van der Waals surface area contributed by atoms with Crippen molar-refractivity contribution in [3.8, 4) is 0 Å². The van der Waals surface area contributed by atoms with Gasteiger partial charge in [-0.2, -0.15) is 0 Å². The maximum Gasteiger partial charge on any atom is 0.408 e. The van der Waals surface area contributed by atoms with E-state index >= 15 is 0 Å². The van der Waals surface area contributed by atoms with Crippen LogP contribution in [0.1, 0.15) is 48.0 Å². The lowest BCUT2D eigenvalue weighted by atomic mass is 9.90. The average Bonchev–Trinajstić information content (AvgIpc) is 2.69. The van der Waals surface area contributed by atoms with Crippen molar-refractivity contribution < 1.29 is 28.5 Å². The summed E-state index contributed by atoms with van der Waals surface area (Å²) in [5.74, 6) is -1.24. The van der Waals surface area contributed by atoms with Crippen LogP contribution in [0.3, 0.4) is 0 Å². The molecule has 3 unspecified atom stereocenters. The Balaban J connectivity index is 2.16. The van der Waals surface area contributed by atoms with E-state index < -0.39 is 35.6 Å². The molecule has 0 spiro atoms. The van der Waals surface area contributed by atoms with Gasteiger partial charge in [0.2, 0.25) is 0 Å². The van der Waals surface area contributed by atoms with Gasteiger partial charge in [-0.15, -0.1) is 0 Å². The highest BCUT2D eigenvalue weighted by atomic mass is 16.8. The highest BCUT2D eigenvalue weighted by molar-refractivity contribution is 5.90. The van der Waals surface area contributed by atoms with Gasteiger partial charge in [0.25, 0.3) is 0 Å². The van der Waals surface area contributed by atoms with Gasteiger partial charge in [0.05, 0.1) is 24.3 Å². The Bertz CT molecular complexity index is 534. The van der Waals surface area contributed by atoms with Crippen LogP contribution in [0.2, 0.25) is 0 Å². The van der Waals surface area contributed by atoms with Crippen molar-refractivity contribution in [2.24, 2.45) is 0 Å². The van der Waals surface area contributed by atoms with Gasteiger partial charge < -0.3 is 24.3 Å². The molecule has 1 amide bonds. The van der Waals surface area contributed by atoms with Gasteiger partial charge in [-0.25, -0.2) is 9.59 Å². The third-order valence-electron chi connectivity index (χ3n) is 3.57. The fourth-order valence-corrected chi connectivity index (χ4v) is 2.86. The second-order valence-electron chi connectivity index (χ2n) is 7.43. The summed E-state index contributed by atoms with van der Waals surface area (Å²) in [5.41, 5.74) is -0.219. The van der Waals surface area contributed by atoms with Gasteiger partial charge in [0.15, 0.2) is 5.79 Å². The standard InChI is InChI=1S/C17H27NO6/c1-7-21-14(19)11-8-10(18-15(20)24-16(2,3)4)9-12-13(11)23-17(5,6)22-12/h8,10,12-13H,7,9H2,1-6H3,(H,18,20). The van der Waals surface area contributed by atoms with Crippen LogP contribution in [-0.4, -0.2) is 48.3 Å². The van der Waals surface area contributed by atoms with E-state index in [4.69, 9.17) is 18.9 Å². The van der Waals surface area contributed by atoms with Crippen LogP contribution in [-0.2, 0) is 23.7 Å². The Labute approximate surface area is 142 Å². The molecule has 1 aliphatic carbocycles. The van der Waals surface area contributed by atoms with E-state index in [9.17, 15) is 9.59 Å². The molecular formula is C17H27NO6. The van der Waals surface area contributed by atoms with Crippen molar-refractivity contribution in [2.45, 2.75) is 77.6 Å². The van der Waals surface area contributed by atoms with Gasteiger partial charge in [0.1, 0.15) is 11.7 Å². The summed E-state index contributed by atoms with van der Waals surface area (Å²) in [6.07, 6.45) is 0.813. The Morgan fingerprint density at radius 1 is 1.33 bits per heavy atom. The van der Waals surface area contributed by atoms with E-state index in [0.717, 1.165) is 0 Å². The monoisotopic (exact) mass is 341 g/mol. The molecule has 1 heterocycles. The van der Waals surface area contributed by atoms with Crippen LogP contribution in [0.25, 0.3) is 0 Å². The van der Waals surface area contributed by atoms with Crippen LogP contribution in [0.15, 0.2) is 11.6 Å². The van der Waals surface area contributed by atoms with Gasteiger partial charge in [-0.1, -0.05) is 0 Å². The summed E-state index contributed by atoms with van der Waals surface area (Å²) in [5, 5.41) is 2.76. The number of carbonyl (C=O) groups is 2. The predicted molar refractivity (Wildman–Crippen MR) is 86.3 cm³/mol. The third-order valence-corrected chi connectivity index (χ3v) is 3.57. The fraction of sp³-hybridized carbons (Fsp3) is 0.765. The minimum absolute atomic E-state index is 0.266. The highest BCUT2D eigenvalue weighted by Gasteiger charge is 2.48. The molecule has 7 heteroatoms. The van der Waals surface area contributed by atoms with Crippen LogP contribution in [0.4, 0.5) is 4.79 Å². The van der Waals surface area contributed by atoms with Gasteiger partial charge in [-0.3, -0.25) is 0 Å². The molecule has 0 aromatic rings. The Hall–Kier alpha value is -1.60. The van der Waals surface area contributed by atoms with Crippen molar-refractivity contribution >= 4 is 12.1 Å². The second kappa shape index (κ2) is 6.72. The molecule has 2 aliphatic rings. The maximum absolute atomic E-state index is 12.2. The van der Waals surface area contributed by atoms with E-state index in [1.807, 2.05) is 0 Å². The van der Waals surface area contributed by atoms with E-state index in [1.165, 1.54) is 0 Å². The summed E-state index contributed by atoms with van der Waals surface area (Å²) in [6, 6.07) is -0.391. The normalized spacial score (nSPS) is 28.6. The predicted octanol–water partition coefficient (Wildman–Crippen LogP) is 2.29. The molecule has 2 rings (SSSR count). The molecule has 7 nitrogen and oxygen atoms in total. The molecule has 1 saturated heterocycles. The molecule has 0 radical (unpaired) electrons. The molecule has 136 valence electrons. The number of hydrogen-bond acceptors (Lipinski definition) is 6. The molecule has 24 heavy (non-hydrogen) atoms. The first-order valence-corrected chi connectivity index (χ1v) is 8.25. The van der Waals surface area contributed by atoms with Crippen molar-refractivity contribution in [3.63, 3.8) is 0 Å². The lowest BCUT2D eigenvalue weighted by Gasteiger charge is -2.29. The summed E-state index contributed by atoms with van der Waals surface area (Å²) in [7, 11) is 0. The maximum atomic E-state index is 12.2. The molecule has 0 aromatic carbocycles. The number of fused-ring (bicyclic) bond motifs is 1. The number of nitrogens with one attached hydrogen (secondary N) is 1. The number of esters is 1. The Kier molecular flexibility index (Phi) is 5.25. The Morgan fingerprint density at radius 2 is 2.00 bits per heavy atom. The molecule has 0 saturated carbocycles. The zero-order valence-corrected chi connectivity index (χ0v) is 15.2. The summed E-state index contributed by atoms with van der Waals surface area (Å²) >= 11 is 0. The second-order valence-corrected chi connectivity index (χ2v) is 7.43. The topological polar surface area (TPSA) is 83.1 Å². The van der Waals surface area contributed by atoms with Crippen molar-refractivity contribution in [2.75, 3.05) is 6.61 Å².